The van der Waals surface area contributed by atoms with E-state index < -0.39 is 6.10 Å². The lowest BCUT2D eigenvalue weighted by molar-refractivity contribution is 0.136. The summed E-state index contributed by atoms with van der Waals surface area (Å²) in [4.78, 5) is 0. The first-order chi connectivity index (χ1) is 9.70. The van der Waals surface area contributed by atoms with E-state index in [0.29, 0.717) is 18.0 Å². The van der Waals surface area contributed by atoms with E-state index in [2.05, 4.69) is 12.1 Å². The summed E-state index contributed by atoms with van der Waals surface area (Å²) in [5.41, 5.74) is 8.05. The van der Waals surface area contributed by atoms with E-state index in [4.69, 9.17) is 17.3 Å². The van der Waals surface area contributed by atoms with E-state index in [-0.39, 0.29) is 5.92 Å². The number of aryl methyl sites for hydroxylation is 1. The molecular weight excluding hydrogens is 270 g/mol. The summed E-state index contributed by atoms with van der Waals surface area (Å²) in [7, 11) is 0. The van der Waals surface area contributed by atoms with Crippen molar-refractivity contribution in [1.82, 2.24) is 0 Å². The number of halogens is 1. The molecule has 0 aromatic heterocycles. The Labute approximate surface area is 125 Å². The normalized spacial score (nSPS) is 13.9. The minimum absolute atomic E-state index is 0.0718. The third-order valence-corrected chi connectivity index (χ3v) is 3.80. The molecule has 2 rings (SSSR count). The van der Waals surface area contributed by atoms with E-state index in [1.54, 1.807) is 0 Å². The fraction of sp³-hybridized carbons (Fsp3) is 0.294. The van der Waals surface area contributed by atoms with Crippen LogP contribution in [0.1, 0.15) is 23.5 Å². The molecule has 0 radical (unpaired) electrons. The van der Waals surface area contributed by atoms with Crippen LogP contribution in [0, 0.1) is 0 Å². The van der Waals surface area contributed by atoms with Crippen LogP contribution < -0.4 is 5.73 Å². The second-order valence-electron chi connectivity index (χ2n) is 4.99. The molecule has 0 saturated carbocycles. The van der Waals surface area contributed by atoms with Crippen molar-refractivity contribution in [2.24, 2.45) is 5.73 Å². The zero-order chi connectivity index (χ0) is 14.4. The highest BCUT2D eigenvalue weighted by Crippen LogP contribution is 2.24. The van der Waals surface area contributed by atoms with E-state index in [1.807, 2.05) is 42.5 Å². The highest BCUT2D eigenvalue weighted by molar-refractivity contribution is 6.30. The molecule has 0 aliphatic carbocycles. The lowest BCUT2D eigenvalue weighted by atomic mass is 9.90. The lowest BCUT2D eigenvalue weighted by Gasteiger charge is -2.22. The first-order valence-electron chi connectivity index (χ1n) is 6.88. The zero-order valence-corrected chi connectivity index (χ0v) is 12.1. The Hall–Kier alpha value is -1.35. The Kier molecular flexibility index (Phi) is 5.60. The van der Waals surface area contributed by atoms with Gasteiger partial charge in [0.1, 0.15) is 0 Å². The topological polar surface area (TPSA) is 46.2 Å². The van der Waals surface area contributed by atoms with Crippen molar-refractivity contribution in [2.45, 2.75) is 24.9 Å². The van der Waals surface area contributed by atoms with Crippen molar-refractivity contribution in [3.8, 4) is 0 Å². The largest absolute Gasteiger partial charge is 0.392 e. The van der Waals surface area contributed by atoms with Gasteiger partial charge >= 0.3 is 0 Å². The van der Waals surface area contributed by atoms with E-state index in [9.17, 15) is 5.11 Å². The summed E-state index contributed by atoms with van der Waals surface area (Å²) in [5, 5.41) is 11.1. The summed E-state index contributed by atoms with van der Waals surface area (Å²) in [5.74, 6) is -0.0718. The number of hydrogen-bond donors (Lipinski definition) is 2. The van der Waals surface area contributed by atoms with Crippen LogP contribution in [0.25, 0.3) is 0 Å². The van der Waals surface area contributed by atoms with Crippen LogP contribution >= 0.6 is 11.6 Å². The lowest BCUT2D eigenvalue weighted by Crippen LogP contribution is -2.26. The highest BCUT2D eigenvalue weighted by atomic mass is 35.5. The predicted octanol–water partition coefficient (Wildman–Crippen LogP) is 3.38. The Morgan fingerprint density at radius 3 is 2.45 bits per heavy atom. The van der Waals surface area contributed by atoms with Crippen LogP contribution in [0.5, 0.6) is 0 Å². The molecule has 0 aliphatic heterocycles. The van der Waals surface area contributed by atoms with Crippen LogP contribution in [0.2, 0.25) is 5.02 Å². The van der Waals surface area contributed by atoms with Gasteiger partial charge in [-0.05, 0) is 36.1 Å². The van der Waals surface area contributed by atoms with Gasteiger partial charge in [-0.1, -0.05) is 54.1 Å². The molecular formula is C17H20ClNO. The van der Waals surface area contributed by atoms with Crippen molar-refractivity contribution in [3.63, 3.8) is 0 Å². The summed E-state index contributed by atoms with van der Waals surface area (Å²) >= 11 is 6.00. The average Bonchev–Trinajstić information content (AvgIpc) is 2.47. The van der Waals surface area contributed by atoms with Gasteiger partial charge in [-0.15, -0.1) is 0 Å². The minimum atomic E-state index is -0.460. The first-order valence-corrected chi connectivity index (χ1v) is 7.26. The molecule has 0 bridgehead atoms. The minimum Gasteiger partial charge on any atom is -0.392 e. The van der Waals surface area contributed by atoms with Crippen LogP contribution in [0.15, 0.2) is 54.6 Å². The number of aliphatic hydroxyl groups is 1. The van der Waals surface area contributed by atoms with Crippen molar-refractivity contribution in [2.75, 3.05) is 6.54 Å². The molecule has 0 fully saturated rings. The molecule has 20 heavy (non-hydrogen) atoms. The number of nitrogens with two attached hydrogens (primary N) is 1. The maximum atomic E-state index is 10.4. The van der Waals surface area contributed by atoms with Crippen LogP contribution in [0.4, 0.5) is 0 Å². The molecule has 0 spiro atoms. The van der Waals surface area contributed by atoms with Gasteiger partial charge in [0.05, 0.1) is 6.10 Å². The molecule has 2 nitrogen and oxygen atoms in total. The van der Waals surface area contributed by atoms with Crippen LogP contribution in [-0.4, -0.2) is 17.8 Å². The quantitative estimate of drug-likeness (QED) is 0.856. The van der Waals surface area contributed by atoms with E-state index >= 15 is 0 Å². The second-order valence-corrected chi connectivity index (χ2v) is 5.43. The number of hydrogen-bond acceptors (Lipinski definition) is 2. The van der Waals surface area contributed by atoms with Crippen LogP contribution in [-0.2, 0) is 6.42 Å². The maximum absolute atomic E-state index is 10.4. The summed E-state index contributed by atoms with van der Waals surface area (Å²) in [6.07, 6.45) is 1.08. The Balaban J connectivity index is 2.00. The Morgan fingerprint density at radius 1 is 1.05 bits per heavy atom. The Bertz CT molecular complexity index is 530. The molecule has 0 amide bonds. The molecule has 0 saturated heterocycles. The van der Waals surface area contributed by atoms with Crippen molar-refractivity contribution >= 4 is 11.6 Å². The fourth-order valence-corrected chi connectivity index (χ4v) is 2.61. The van der Waals surface area contributed by atoms with E-state index in [1.165, 1.54) is 5.56 Å². The fourth-order valence-electron chi connectivity index (χ4n) is 2.41. The molecule has 3 heteroatoms. The molecule has 2 atom stereocenters. The predicted molar refractivity (Wildman–Crippen MR) is 84.0 cm³/mol. The van der Waals surface area contributed by atoms with Crippen LogP contribution in [0.3, 0.4) is 0 Å². The third kappa shape index (κ3) is 4.07. The molecule has 0 heterocycles. The molecule has 3 N–H and O–H groups in total. The average molecular weight is 290 g/mol. The van der Waals surface area contributed by atoms with Gasteiger partial charge in [0.25, 0.3) is 0 Å². The van der Waals surface area contributed by atoms with Crippen molar-refractivity contribution in [3.05, 3.63) is 70.7 Å². The number of benzene rings is 2. The van der Waals surface area contributed by atoms with Gasteiger partial charge in [-0.25, -0.2) is 0 Å². The molecule has 2 aromatic carbocycles. The standard InChI is InChI=1S/C17H20ClNO/c18-15-8-4-7-14(11-15)16(12-19)17(20)10-9-13-5-2-1-3-6-13/h1-8,11,16-17,20H,9-10,12,19H2. The summed E-state index contributed by atoms with van der Waals surface area (Å²) < 4.78 is 0. The number of aliphatic hydroxyl groups excluding tert-OH is 1. The summed E-state index contributed by atoms with van der Waals surface area (Å²) in [6.45, 7) is 0.413. The van der Waals surface area contributed by atoms with Gasteiger partial charge in [0.15, 0.2) is 0 Å². The van der Waals surface area contributed by atoms with Gasteiger partial charge < -0.3 is 10.8 Å². The molecule has 2 unspecified atom stereocenters. The monoisotopic (exact) mass is 289 g/mol. The molecule has 106 valence electrons. The summed E-state index contributed by atoms with van der Waals surface area (Å²) in [6, 6.07) is 17.7. The van der Waals surface area contributed by atoms with Gasteiger partial charge in [0.2, 0.25) is 0 Å². The first kappa shape index (κ1) is 15.0. The van der Waals surface area contributed by atoms with Gasteiger partial charge in [-0.3, -0.25) is 0 Å². The molecule has 0 aliphatic rings. The SMILES string of the molecule is NCC(c1cccc(Cl)c1)C(O)CCc1ccccc1. The molecule has 2 aromatic rings. The zero-order valence-electron chi connectivity index (χ0n) is 11.4. The smallest absolute Gasteiger partial charge is 0.0624 e. The Morgan fingerprint density at radius 2 is 1.80 bits per heavy atom. The highest BCUT2D eigenvalue weighted by Gasteiger charge is 2.19. The van der Waals surface area contributed by atoms with Gasteiger partial charge in [-0.2, -0.15) is 0 Å². The van der Waals surface area contributed by atoms with Crippen molar-refractivity contribution < 1.29 is 5.11 Å². The third-order valence-electron chi connectivity index (χ3n) is 3.57. The second kappa shape index (κ2) is 7.44. The maximum Gasteiger partial charge on any atom is 0.0624 e. The van der Waals surface area contributed by atoms with Crippen molar-refractivity contribution in [1.29, 1.82) is 0 Å². The van der Waals surface area contributed by atoms with E-state index in [0.717, 1.165) is 12.0 Å². The van der Waals surface area contributed by atoms with Gasteiger partial charge in [0, 0.05) is 17.5 Å². The number of rotatable bonds is 6.